The maximum absolute atomic E-state index is 6.16. The van der Waals surface area contributed by atoms with Crippen LogP contribution in [0.3, 0.4) is 0 Å². The van der Waals surface area contributed by atoms with Crippen LogP contribution in [0.2, 0.25) is 0 Å². The molecule has 3 atom stereocenters. The van der Waals surface area contributed by atoms with Gasteiger partial charge in [-0.3, -0.25) is 9.80 Å². The summed E-state index contributed by atoms with van der Waals surface area (Å²) in [4.78, 5) is 5.12. The van der Waals surface area contributed by atoms with E-state index in [-0.39, 0.29) is 0 Å². The number of hydrogen-bond donors (Lipinski definition) is 0. The van der Waals surface area contributed by atoms with Crippen LogP contribution in [0.4, 0.5) is 0 Å². The second-order valence-electron chi connectivity index (χ2n) is 7.05. The average Bonchev–Trinajstić information content (AvgIpc) is 2.51. The minimum Gasteiger partial charge on any atom is -0.380 e. The van der Waals surface area contributed by atoms with Gasteiger partial charge in [-0.15, -0.1) is 0 Å². The number of piperazine rings is 1. The van der Waals surface area contributed by atoms with E-state index in [1.54, 1.807) is 0 Å². The van der Waals surface area contributed by atoms with E-state index in [1.165, 1.54) is 32.2 Å². The number of nitrogens with zero attached hydrogens (tertiary/aromatic N) is 2. The molecule has 4 heteroatoms. The van der Waals surface area contributed by atoms with E-state index in [0.29, 0.717) is 12.1 Å². The molecular weight excluding hydrogens is 276 g/mol. The van der Waals surface area contributed by atoms with Gasteiger partial charge in [0.25, 0.3) is 0 Å². The highest BCUT2D eigenvalue weighted by Gasteiger charge is 2.24. The minimum atomic E-state index is 0.513. The van der Waals surface area contributed by atoms with E-state index in [1.807, 2.05) is 0 Å². The smallest absolute Gasteiger partial charge is 0.0601 e. The molecule has 22 heavy (non-hydrogen) atoms. The molecule has 0 aromatic carbocycles. The third kappa shape index (κ3) is 5.80. The summed E-state index contributed by atoms with van der Waals surface area (Å²) >= 11 is 0. The average molecular weight is 312 g/mol. The lowest BCUT2D eigenvalue weighted by Gasteiger charge is -2.40. The Morgan fingerprint density at radius 1 is 1.00 bits per heavy atom. The zero-order valence-electron chi connectivity index (χ0n) is 14.9. The lowest BCUT2D eigenvalue weighted by molar-refractivity contribution is -0.0233. The van der Waals surface area contributed by atoms with E-state index in [0.717, 1.165) is 51.9 Å². The van der Waals surface area contributed by atoms with Gasteiger partial charge in [0.05, 0.1) is 19.3 Å². The Kier molecular flexibility index (Phi) is 8.15. The van der Waals surface area contributed by atoms with Gasteiger partial charge in [-0.1, -0.05) is 19.8 Å². The summed E-state index contributed by atoms with van der Waals surface area (Å²) in [5.74, 6) is 0.753. The molecule has 1 saturated carbocycles. The molecule has 1 heterocycles. The predicted molar refractivity (Wildman–Crippen MR) is 91.3 cm³/mol. The summed E-state index contributed by atoms with van der Waals surface area (Å²) in [6, 6.07) is 0.628. The van der Waals surface area contributed by atoms with Crippen molar-refractivity contribution in [2.24, 2.45) is 5.92 Å². The van der Waals surface area contributed by atoms with Gasteiger partial charge in [0.15, 0.2) is 0 Å². The van der Waals surface area contributed by atoms with E-state index >= 15 is 0 Å². The molecule has 4 nitrogen and oxygen atoms in total. The van der Waals surface area contributed by atoms with Crippen molar-refractivity contribution in [3.05, 3.63) is 0 Å². The maximum atomic E-state index is 6.16. The monoisotopic (exact) mass is 312 g/mol. The molecule has 2 aliphatic rings. The summed E-state index contributed by atoms with van der Waals surface area (Å²) in [6.45, 7) is 15.0. The molecule has 2 rings (SSSR count). The van der Waals surface area contributed by atoms with Crippen LogP contribution in [0.25, 0.3) is 0 Å². The summed E-state index contributed by atoms with van der Waals surface area (Å²) in [6.07, 6.45) is 5.87. The van der Waals surface area contributed by atoms with Crippen molar-refractivity contribution in [2.45, 2.75) is 58.6 Å². The van der Waals surface area contributed by atoms with Gasteiger partial charge in [-0.25, -0.2) is 0 Å². The fourth-order valence-corrected chi connectivity index (χ4v) is 3.80. The molecule has 0 bridgehead atoms. The standard InChI is InChI=1S/C18H36N2O2/c1-4-21-13-12-20-10-9-19(15-17(20)3)11-14-22-18-8-6-5-7-16(18)2/h16-18H,4-15H2,1-3H3/t16-,17-,18+/m0/s1. The summed E-state index contributed by atoms with van der Waals surface area (Å²) in [5, 5.41) is 0. The minimum absolute atomic E-state index is 0.513. The second kappa shape index (κ2) is 9.86. The predicted octanol–water partition coefficient (Wildman–Crippen LogP) is 2.62. The second-order valence-corrected chi connectivity index (χ2v) is 7.05. The molecule has 0 unspecified atom stereocenters. The fraction of sp³-hybridized carbons (Fsp3) is 1.00. The SMILES string of the molecule is CCOCCN1CCN(CCO[C@@H]2CCCC[C@@H]2C)C[C@@H]1C. The molecule has 0 amide bonds. The Hall–Kier alpha value is -0.160. The van der Waals surface area contributed by atoms with Crippen molar-refractivity contribution < 1.29 is 9.47 Å². The first-order valence-corrected chi connectivity index (χ1v) is 9.36. The van der Waals surface area contributed by atoms with Gasteiger partial charge < -0.3 is 9.47 Å². The van der Waals surface area contributed by atoms with Crippen LogP contribution in [0.15, 0.2) is 0 Å². The highest BCUT2D eigenvalue weighted by Crippen LogP contribution is 2.26. The summed E-state index contributed by atoms with van der Waals surface area (Å²) in [5.41, 5.74) is 0. The Labute approximate surface area is 137 Å². The van der Waals surface area contributed by atoms with Gasteiger partial charge in [-0.05, 0) is 32.6 Å². The van der Waals surface area contributed by atoms with Crippen molar-refractivity contribution in [1.29, 1.82) is 0 Å². The molecule has 1 saturated heterocycles. The van der Waals surface area contributed by atoms with E-state index in [4.69, 9.17) is 9.47 Å². The van der Waals surface area contributed by atoms with Gasteiger partial charge in [0.2, 0.25) is 0 Å². The van der Waals surface area contributed by atoms with Crippen molar-refractivity contribution in [1.82, 2.24) is 9.80 Å². The van der Waals surface area contributed by atoms with E-state index < -0.39 is 0 Å². The molecule has 1 aliphatic carbocycles. The van der Waals surface area contributed by atoms with Crippen LogP contribution >= 0.6 is 0 Å². The third-order valence-electron chi connectivity index (χ3n) is 5.35. The highest BCUT2D eigenvalue weighted by atomic mass is 16.5. The Bertz CT molecular complexity index is 301. The summed E-state index contributed by atoms with van der Waals surface area (Å²) in [7, 11) is 0. The molecule has 0 radical (unpaired) electrons. The van der Waals surface area contributed by atoms with Crippen molar-refractivity contribution in [2.75, 3.05) is 52.5 Å². The van der Waals surface area contributed by atoms with Crippen LogP contribution in [0, 0.1) is 5.92 Å². The van der Waals surface area contributed by atoms with Gasteiger partial charge in [0.1, 0.15) is 0 Å². The summed E-state index contributed by atoms with van der Waals surface area (Å²) < 4.78 is 11.6. The Balaban J connectivity index is 1.59. The topological polar surface area (TPSA) is 24.9 Å². The number of rotatable bonds is 8. The van der Waals surface area contributed by atoms with Crippen LogP contribution < -0.4 is 0 Å². The first kappa shape index (κ1) is 18.2. The molecule has 1 aliphatic heterocycles. The van der Waals surface area contributed by atoms with Gasteiger partial charge >= 0.3 is 0 Å². The van der Waals surface area contributed by atoms with E-state index in [2.05, 4.69) is 30.6 Å². The highest BCUT2D eigenvalue weighted by molar-refractivity contribution is 4.79. The third-order valence-corrected chi connectivity index (χ3v) is 5.35. The number of hydrogen-bond acceptors (Lipinski definition) is 4. The zero-order chi connectivity index (χ0) is 15.8. The van der Waals surface area contributed by atoms with Crippen LogP contribution in [-0.4, -0.2) is 74.5 Å². The number of ether oxygens (including phenoxy) is 2. The quantitative estimate of drug-likeness (QED) is 0.643. The molecular formula is C18H36N2O2. The lowest BCUT2D eigenvalue weighted by atomic mass is 9.88. The van der Waals surface area contributed by atoms with Crippen molar-refractivity contribution >= 4 is 0 Å². The van der Waals surface area contributed by atoms with Crippen molar-refractivity contribution in [3.63, 3.8) is 0 Å². The Morgan fingerprint density at radius 3 is 2.55 bits per heavy atom. The first-order valence-electron chi connectivity index (χ1n) is 9.36. The Morgan fingerprint density at radius 2 is 1.82 bits per heavy atom. The molecule has 0 aromatic rings. The van der Waals surface area contributed by atoms with E-state index in [9.17, 15) is 0 Å². The zero-order valence-corrected chi connectivity index (χ0v) is 14.9. The van der Waals surface area contributed by atoms with Crippen LogP contribution in [0.1, 0.15) is 46.5 Å². The first-order chi connectivity index (χ1) is 10.7. The fourth-order valence-electron chi connectivity index (χ4n) is 3.80. The molecule has 0 aromatic heterocycles. The largest absolute Gasteiger partial charge is 0.380 e. The van der Waals surface area contributed by atoms with Crippen molar-refractivity contribution in [3.8, 4) is 0 Å². The lowest BCUT2D eigenvalue weighted by Crippen LogP contribution is -2.53. The van der Waals surface area contributed by atoms with Crippen LogP contribution in [-0.2, 0) is 9.47 Å². The van der Waals surface area contributed by atoms with Gasteiger partial charge in [-0.2, -0.15) is 0 Å². The molecule has 0 spiro atoms. The maximum Gasteiger partial charge on any atom is 0.0601 e. The molecule has 130 valence electrons. The van der Waals surface area contributed by atoms with Crippen LogP contribution in [0.5, 0.6) is 0 Å². The normalized spacial score (nSPS) is 31.5. The van der Waals surface area contributed by atoms with Gasteiger partial charge in [0, 0.05) is 45.4 Å². The molecule has 2 fully saturated rings. The molecule has 0 N–H and O–H groups in total.